The molecule has 1 rings (SSSR count). The summed E-state index contributed by atoms with van der Waals surface area (Å²) in [5.41, 5.74) is 0.0192. The van der Waals surface area contributed by atoms with Gasteiger partial charge < -0.3 is 5.11 Å². The summed E-state index contributed by atoms with van der Waals surface area (Å²) >= 11 is 3.33. The molecule has 1 aromatic rings. The quantitative estimate of drug-likeness (QED) is 0.854. The van der Waals surface area contributed by atoms with Crippen LogP contribution < -0.4 is 0 Å². The predicted molar refractivity (Wildman–Crippen MR) is 64.4 cm³/mol. The van der Waals surface area contributed by atoms with Crippen LogP contribution >= 0.6 is 15.9 Å². The minimum atomic E-state index is -0.832. The maximum atomic E-state index is 11.5. The summed E-state index contributed by atoms with van der Waals surface area (Å²) in [7, 11) is 0. The van der Waals surface area contributed by atoms with Gasteiger partial charge in [-0.25, -0.2) is 0 Å². The Morgan fingerprint density at radius 3 is 2.27 bits per heavy atom. The van der Waals surface area contributed by atoms with E-state index in [-0.39, 0.29) is 5.92 Å². The van der Waals surface area contributed by atoms with Crippen molar-refractivity contribution in [1.82, 2.24) is 0 Å². The van der Waals surface area contributed by atoms with Gasteiger partial charge in [-0.15, -0.1) is 0 Å². The first-order chi connectivity index (χ1) is 7.05. The molecule has 0 heterocycles. The summed E-state index contributed by atoms with van der Waals surface area (Å²) in [6.07, 6.45) is 0. The molecule has 2 nitrogen and oxygen atoms in total. The highest BCUT2D eigenvalue weighted by atomic mass is 79.9. The number of alkyl halides is 1. The Morgan fingerprint density at radius 1 is 1.40 bits per heavy atom. The van der Waals surface area contributed by atoms with Crippen molar-refractivity contribution in [2.45, 2.75) is 19.3 Å². The average Bonchev–Trinajstić information content (AvgIpc) is 2.20. The number of benzene rings is 1. The van der Waals surface area contributed by atoms with Crippen LogP contribution in [0.5, 0.6) is 0 Å². The second-order valence-corrected chi connectivity index (χ2v) is 4.49. The molecular formula is C12H15BrO2. The lowest BCUT2D eigenvalue weighted by molar-refractivity contribution is -0.144. The number of rotatable bonds is 4. The van der Waals surface area contributed by atoms with Crippen LogP contribution in [-0.2, 0) is 10.2 Å². The zero-order valence-electron chi connectivity index (χ0n) is 8.90. The standard InChI is InChI=1S/C12H15BrO2/c1-9(2)12(8-13,11(14)15)10-6-4-3-5-7-10/h3-7,9H,8H2,1-2H3,(H,14,15). The topological polar surface area (TPSA) is 37.3 Å². The van der Waals surface area contributed by atoms with Gasteiger partial charge in [-0.1, -0.05) is 60.1 Å². The fourth-order valence-corrected chi connectivity index (χ4v) is 2.94. The Labute approximate surface area is 98.4 Å². The van der Waals surface area contributed by atoms with Crippen molar-refractivity contribution in [3.8, 4) is 0 Å². The Bertz CT molecular complexity index is 335. The van der Waals surface area contributed by atoms with E-state index in [9.17, 15) is 9.90 Å². The molecule has 0 saturated carbocycles. The first-order valence-electron chi connectivity index (χ1n) is 4.90. The van der Waals surface area contributed by atoms with Crippen LogP contribution in [0.15, 0.2) is 30.3 Å². The van der Waals surface area contributed by atoms with Crippen LogP contribution in [0.2, 0.25) is 0 Å². The minimum absolute atomic E-state index is 0.0387. The third-order valence-electron chi connectivity index (χ3n) is 2.87. The highest BCUT2D eigenvalue weighted by Gasteiger charge is 2.42. The molecule has 0 saturated heterocycles. The molecular weight excluding hydrogens is 256 g/mol. The maximum absolute atomic E-state index is 11.5. The van der Waals surface area contributed by atoms with Gasteiger partial charge in [0.15, 0.2) is 0 Å². The molecule has 1 unspecified atom stereocenters. The van der Waals surface area contributed by atoms with Crippen molar-refractivity contribution < 1.29 is 9.90 Å². The molecule has 82 valence electrons. The van der Waals surface area contributed by atoms with Gasteiger partial charge in [0.1, 0.15) is 5.41 Å². The summed E-state index contributed by atoms with van der Waals surface area (Å²) in [6, 6.07) is 9.38. The van der Waals surface area contributed by atoms with E-state index in [1.54, 1.807) is 0 Å². The van der Waals surface area contributed by atoms with Gasteiger partial charge >= 0.3 is 5.97 Å². The van der Waals surface area contributed by atoms with E-state index in [2.05, 4.69) is 15.9 Å². The molecule has 1 aromatic carbocycles. The van der Waals surface area contributed by atoms with E-state index in [1.807, 2.05) is 44.2 Å². The number of aliphatic carboxylic acids is 1. The number of carbonyl (C=O) groups is 1. The number of hydrogen-bond donors (Lipinski definition) is 1. The van der Waals surface area contributed by atoms with Crippen LogP contribution in [0.25, 0.3) is 0 Å². The molecule has 0 amide bonds. The van der Waals surface area contributed by atoms with Crippen molar-refractivity contribution in [3.05, 3.63) is 35.9 Å². The molecule has 0 aliphatic heterocycles. The minimum Gasteiger partial charge on any atom is -0.481 e. The molecule has 0 fully saturated rings. The van der Waals surface area contributed by atoms with Gasteiger partial charge in [0, 0.05) is 5.33 Å². The van der Waals surface area contributed by atoms with Gasteiger partial charge in [-0.3, -0.25) is 4.79 Å². The number of hydrogen-bond acceptors (Lipinski definition) is 1. The summed E-state index contributed by atoms with van der Waals surface area (Å²) in [5.74, 6) is -0.739. The largest absolute Gasteiger partial charge is 0.481 e. The maximum Gasteiger partial charge on any atom is 0.315 e. The zero-order chi connectivity index (χ0) is 11.5. The first kappa shape index (κ1) is 12.2. The van der Waals surface area contributed by atoms with E-state index in [0.29, 0.717) is 5.33 Å². The van der Waals surface area contributed by atoms with Crippen molar-refractivity contribution >= 4 is 21.9 Å². The number of carboxylic acids is 1. The molecule has 0 radical (unpaired) electrons. The van der Waals surface area contributed by atoms with E-state index < -0.39 is 11.4 Å². The van der Waals surface area contributed by atoms with Gasteiger partial charge in [0.05, 0.1) is 0 Å². The smallest absolute Gasteiger partial charge is 0.315 e. The molecule has 0 spiro atoms. The lowest BCUT2D eigenvalue weighted by Crippen LogP contribution is -2.42. The van der Waals surface area contributed by atoms with Crippen LogP contribution in [0.1, 0.15) is 19.4 Å². The summed E-state index contributed by atoms with van der Waals surface area (Å²) < 4.78 is 0. The van der Waals surface area contributed by atoms with Crippen LogP contribution in [-0.4, -0.2) is 16.4 Å². The molecule has 0 aromatic heterocycles. The number of carboxylic acid groups (broad SMARTS) is 1. The fraction of sp³-hybridized carbons (Fsp3) is 0.417. The highest BCUT2D eigenvalue weighted by molar-refractivity contribution is 9.09. The van der Waals surface area contributed by atoms with Crippen molar-refractivity contribution in [2.75, 3.05) is 5.33 Å². The van der Waals surface area contributed by atoms with E-state index in [4.69, 9.17) is 0 Å². The van der Waals surface area contributed by atoms with E-state index in [0.717, 1.165) is 5.56 Å². The van der Waals surface area contributed by atoms with E-state index >= 15 is 0 Å². The Hall–Kier alpha value is -0.830. The van der Waals surface area contributed by atoms with Gasteiger partial charge in [0.2, 0.25) is 0 Å². The zero-order valence-corrected chi connectivity index (χ0v) is 10.5. The SMILES string of the molecule is CC(C)C(CBr)(C(=O)O)c1ccccc1. The first-order valence-corrected chi connectivity index (χ1v) is 6.02. The van der Waals surface area contributed by atoms with Crippen LogP contribution in [0.4, 0.5) is 0 Å². The summed E-state index contributed by atoms with van der Waals surface area (Å²) in [6.45, 7) is 3.87. The van der Waals surface area contributed by atoms with Crippen LogP contribution in [0.3, 0.4) is 0 Å². The van der Waals surface area contributed by atoms with Crippen molar-refractivity contribution in [2.24, 2.45) is 5.92 Å². The lowest BCUT2D eigenvalue weighted by atomic mass is 9.73. The molecule has 15 heavy (non-hydrogen) atoms. The summed E-state index contributed by atoms with van der Waals surface area (Å²) in [5, 5.41) is 9.85. The average molecular weight is 271 g/mol. The number of halogens is 1. The monoisotopic (exact) mass is 270 g/mol. The predicted octanol–water partition coefficient (Wildman–Crippen LogP) is 3.06. The van der Waals surface area contributed by atoms with Crippen molar-refractivity contribution in [3.63, 3.8) is 0 Å². The van der Waals surface area contributed by atoms with Gasteiger partial charge in [0.25, 0.3) is 0 Å². The molecule has 0 bridgehead atoms. The fourth-order valence-electron chi connectivity index (χ4n) is 1.73. The second kappa shape index (κ2) is 4.79. The Kier molecular flexibility index (Phi) is 3.91. The lowest BCUT2D eigenvalue weighted by Gasteiger charge is -2.31. The van der Waals surface area contributed by atoms with Gasteiger partial charge in [-0.05, 0) is 11.5 Å². The molecule has 1 atom stereocenters. The van der Waals surface area contributed by atoms with Gasteiger partial charge in [-0.2, -0.15) is 0 Å². The Morgan fingerprint density at radius 2 is 1.93 bits per heavy atom. The second-order valence-electron chi connectivity index (χ2n) is 3.93. The highest BCUT2D eigenvalue weighted by Crippen LogP contribution is 2.34. The third-order valence-corrected chi connectivity index (χ3v) is 3.75. The normalized spacial score (nSPS) is 14.9. The molecule has 3 heteroatoms. The van der Waals surface area contributed by atoms with Crippen molar-refractivity contribution in [1.29, 1.82) is 0 Å². The Balaban J connectivity index is 3.28. The molecule has 0 aliphatic rings. The van der Waals surface area contributed by atoms with E-state index in [1.165, 1.54) is 0 Å². The molecule has 1 N–H and O–H groups in total. The molecule has 0 aliphatic carbocycles. The third kappa shape index (κ3) is 2.07. The van der Waals surface area contributed by atoms with Crippen LogP contribution in [0, 0.1) is 5.92 Å². The summed E-state index contributed by atoms with van der Waals surface area (Å²) in [4.78, 5) is 11.5.